The molecule has 0 saturated heterocycles. The highest BCUT2D eigenvalue weighted by Crippen LogP contribution is 2.25. The van der Waals surface area contributed by atoms with Gasteiger partial charge >= 0.3 is 5.97 Å². The van der Waals surface area contributed by atoms with Crippen molar-refractivity contribution >= 4 is 35.1 Å². The molecule has 126 valence electrons. The number of halogens is 2. The quantitative estimate of drug-likeness (QED) is 0.815. The van der Waals surface area contributed by atoms with Gasteiger partial charge in [0, 0.05) is 21.7 Å². The zero-order valence-corrected chi connectivity index (χ0v) is 14.6. The topological polar surface area (TPSA) is 55.4 Å². The second-order valence-electron chi connectivity index (χ2n) is 5.97. The lowest BCUT2D eigenvalue weighted by Crippen LogP contribution is -2.43. The van der Waals surface area contributed by atoms with Gasteiger partial charge in [-0.25, -0.2) is 0 Å². The Kier molecular flexibility index (Phi) is 6.72. The minimum absolute atomic E-state index is 0.0500. The summed E-state index contributed by atoms with van der Waals surface area (Å²) < 4.78 is 5.03. The number of carbonyl (C=O) groups is 2. The summed E-state index contributed by atoms with van der Waals surface area (Å²) in [6.45, 7) is 1.86. The molecule has 0 heterocycles. The van der Waals surface area contributed by atoms with E-state index in [2.05, 4.69) is 12.2 Å². The largest absolute Gasteiger partial charge is 0.455 e. The van der Waals surface area contributed by atoms with Crippen LogP contribution in [0.2, 0.25) is 10.0 Å². The summed E-state index contributed by atoms with van der Waals surface area (Å²) in [7, 11) is 0. The fraction of sp³-hybridized carbons (Fsp3) is 0.529. The number of esters is 1. The SMILES string of the molecule is C[C@H]1CCCC[C@@H]1NC(=O)COC(=O)Cc1c(Cl)cccc1Cl. The van der Waals surface area contributed by atoms with Crippen LogP contribution >= 0.6 is 23.2 Å². The number of hydrogen-bond donors (Lipinski definition) is 1. The minimum Gasteiger partial charge on any atom is -0.455 e. The van der Waals surface area contributed by atoms with E-state index >= 15 is 0 Å². The molecule has 0 aliphatic heterocycles. The molecule has 4 nitrogen and oxygen atoms in total. The molecule has 0 bridgehead atoms. The number of ether oxygens (including phenoxy) is 1. The zero-order chi connectivity index (χ0) is 16.8. The van der Waals surface area contributed by atoms with Gasteiger partial charge in [0.25, 0.3) is 5.91 Å². The van der Waals surface area contributed by atoms with Crippen LogP contribution in [0, 0.1) is 5.92 Å². The van der Waals surface area contributed by atoms with Gasteiger partial charge in [0.2, 0.25) is 0 Å². The van der Waals surface area contributed by atoms with Crippen molar-refractivity contribution in [2.75, 3.05) is 6.61 Å². The van der Waals surface area contributed by atoms with E-state index in [9.17, 15) is 9.59 Å². The molecule has 1 aromatic rings. The van der Waals surface area contributed by atoms with Gasteiger partial charge in [-0.3, -0.25) is 9.59 Å². The van der Waals surface area contributed by atoms with Crippen LogP contribution in [0.4, 0.5) is 0 Å². The maximum atomic E-state index is 11.9. The first kappa shape index (κ1) is 18.1. The van der Waals surface area contributed by atoms with Crippen LogP contribution in [0.25, 0.3) is 0 Å². The first-order valence-corrected chi connectivity index (χ1v) is 8.61. The van der Waals surface area contributed by atoms with E-state index in [-0.39, 0.29) is 25.0 Å². The summed E-state index contributed by atoms with van der Waals surface area (Å²) in [5.41, 5.74) is 0.516. The average molecular weight is 358 g/mol. The molecular formula is C17H21Cl2NO3. The van der Waals surface area contributed by atoms with Crippen LogP contribution in [0.15, 0.2) is 18.2 Å². The number of hydrogen-bond acceptors (Lipinski definition) is 3. The van der Waals surface area contributed by atoms with E-state index < -0.39 is 5.97 Å². The van der Waals surface area contributed by atoms with Crippen molar-refractivity contribution in [1.29, 1.82) is 0 Å². The third-order valence-electron chi connectivity index (χ3n) is 4.20. The van der Waals surface area contributed by atoms with Crippen LogP contribution in [-0.4, -0.2) is 24.5 Å². The molecule has 0 unspecified atom stereocenters. The lowest BCUT2D eigenvalue weighted by Gasteiger charge is -2.29. The maximum absolute atomic E-state index is 11.9. The van der Waals surface area contributed by atoms with Crippen molar-refractivity contribution < 1.29 is 14.3 Å². The molecule has 0 radical (unpaired) electrons. The number of carbonyl (C=O) groups excluding carboxylic acids is 2. The summed E-state index contributed by atoms with van der Waals surface area (Å²) in [6, 6.07) is 5.20. The molecule has 2 rings (SSSR count). The van der Waals surface area contributed by atoms with Crippen LogP contribution in [-0.2, 0) is 20.7 Å². The highest BCUT2D eigenvalue weighted by molar-refractivity contribution is 6.36. The molecule has 1 N–H and O–H groups in total. The molecule has 23 heavy (non-hydrogen) atoms. The van der Waals surface area contributed by atoms with Crippen molar-refractivity contribution in [2.45, 2.75) is 45.1 Å². The standard InChI is InChI=1S/C17H21Cl2NO3/c1-11-5-2-3-8-15(11)20-16(21)10-23-17(22)9-12-13(18)6-4-7-14(12)19/h4,6-7,11,15H,2-3,5,8-10H2,1H3,(H,20,21)/t11-,15-/m0/s1. The predicted octanol–water partition coefficient (Wildman–Crippen LogP) is 3.77. The van der Waals surface area contributed by atoms with Crippen molar-refractivity contribution in [3.8, 4) is 0 Å². The van der Waals surface area contributed by atoms with Crippen molar-refractivity contribution in [2.24, 2.45) is 5.92 Å². The third-order valence-corrected chi connectivity index (χ3v) is 4.91. The summed E-state index contributed by atoms with van der Waals surface area (Å²) in [5, 5.41) is 3.77. The van der Waals surface area contributed by atoms with Gasteiger partial charge in [0.15, 0.2) is 6.61 Å². The Morgan fingerprint density at radius 2 is 1.87 bits per heavy atom. The molecule has 6 heteroatoms. The van der Waals surface area contributed by atoms with E-state index in [0.29, 0.717) is 21.5 Å². The molecule has 1 saturated carbocycles. The van der Waals surface area contributed by atoms with Gasteiger partial charge in [-0.15, -0.1) is 0 Å². The highest BCUT2D eigenvalue weighted by Gasteiger charge is 2.23. The Labute approximate surface area is 146 Å². The molecule has 0 aromatic heterocycles. The van der Waals surface area contributed by atoms with Gasteiger partial charge in [0.1, 0.15) is 0 Å². The van der Waals surface area contributed by atoms with Gasteiger partial charge < -0.3 is 10.1 Å². The summed E-state index contributed by atoms with van der Waals surface area (Å²) in [6.07, 6.45) is 4.39. The maximum Gasteiger partial charge on any atom is 0.310 e. The van der Waals surface area contributed by atoms with Crippen LogP contribution < -0.4 is 5.32 Å². The smallest absolute Gasteiger partial charge is 0.310 e. The van der Waals surface area contributed by atoms with E-state index in [1.807, 2.05) is 0 Å². The number of amides is 1. The average Bonchev–Trinajstić information content (AvgIpc) is 2.51. The Morgan fingerprint density at radius 1 is 1.22 bits per heavy atom. The van der Waals surface area contributed by atoms with E-state index in [1.54, 1.807) is 18.2 Å². The zero-order valence-electron chi connectivity index (χ0n) is 13.1. The minimum atomic E-state index is -0.521. The molecular weight excluding hydrogens is 337 g/mol. The van der Waals surface area contributed by atoms with Crippen molar-refractivity contribution in [3.05, 3.63) is 33.8 Å². The number of rotatable bonds is 5. The monoisotopic (exact) mass is 357 g/mol. The first-order chi connectivity index (χ1) is 11.0. The van der Waals surface area contributed by atoms with Gasteiger partial charge in [0.05, 0.1) is 6.42 Å². The lowest BCUT2D eigenvalue weighted by atomic mass is 9.86. The van der Waals surface area contributed by atoms with E-state index in [1.165, 1.54) is 6.42 Å². The summed E-state index contributed by atoms with van der Waals surface area (Å²) >= 11 is 12.0. The van der Waals surface area contributed by atoms with E-state index in [4.69, 9.17) is 27.9 Å². The van der Waals surface area contributed by atoms with Gasteiger partial charge in [-0.1, -0.05) is 49.0 Å². The summed E-state index contributed by atoms with van der Waals surface area (Å²) in [5.74, 6) is -0.320. The van der Waals surface area contributed by atoms with Gasteiger partial charge in [-0.2, -0.15) is 0 Å². The molecule has 1 aromatic carbocycles. The molecule has 1 fully saturated rings. The highest BCUT2D eigenvalue weighted by atomic mass is 35.5. The van der Waals surface area contributed by atoms with Crippen molar-refractivity contribution in [3.63, 3.8) is 0 Å². The second-order valence-corrected chi connectivity index (χ2v) is 6.79. The number of benzene rings is 1. The predicted molar refractivity (Wildman–Crippen MR) is 90.7 cm³/mol. The Hall–Kier alpha value is -1.26. The van der Waals surface area contributed by atoms with E-state index in [0.717, 1.165) is 19.3 Å². The van der Waals surface area contributed by atoms with Crippen LogP contribution in [0.1, 0.15) is 38.2 Å². The fourth-order valence-electron chi connectivity index (χ4n) is 2.82. The molecule has 0 spiro atoms. The fourth-order valence-corrected chi connectivity index (χ4v) is 3.35. The Balaban J connectivity index is 1.78. The molecule has 1 aliphatic rings. The second kappa shape index (κ2) is 8.55. The summed E-state index contributed by atoms with van der Waals surface area (Å²) in [4.78, 5) is 23.8. The Morgan fingerprint density at radius 3 is 2.52 bits per heavy atom. The van der Waals surface area contributed by atoms with Gasteiger partial charge in [-0.05, 0) is 30.9 Å². The lowest BCUT2D eigenvalue weighted by molar-refractivity contribution is -0.148. The van der Waals surface area contributed by atoms with Crippen molar-refractivity contribution in [1.82, 2.24) is 5.32 Å². The van der Waals surface area contributed by atoms with Crippen LogP contribution in [0.5, 0.6) is 0 Å². The molecule has 2 atom stereocenters. The molecule has 1 aliphatic carbocycles. The Bertz CT molecular complexity index is 557. The molecule has 1 amide bonds. The number of nitrogens with one attached hydrogen (secondary N) is 1. The van der Waals surface area contributed by atoms with Crippen LogP contribution in [0.3, 0.4) is 0 Å². The normalized spacial score (nSPS) is 20.8. The third kappa shape index (κ3) is 5.40. The first-order valence-electron chi connectivity index (χ1n) is 7.85.